The maximum Gasteiger partial charge on any atom is 0.306 e. The first kappa shape index (κ1) is 17.4. The van der Waals surface area contributed by atoms with E-state index in [2.05, 4.69) is 32.7 Å². The van der Waals surface area contributed by atoms with E-state index in [4.69, 9.17) is 10.5 Å². The molecular formula is C16H32N2O2. The van der Waals surface area contributed by atoms with Crippen LogP contribution in [0.2, 0.25) is 0 Å². The second-order valence-corrected chi connectivity index (χ2v) is 7.25. The molecule has 0 aromatic carbocycles. The first-order valence-corrected chi connectivity index (χ1v) is 7.76. The van der Waals surface area contributed by atoms with Gasteiger partial charge in [-0.15, -0.1) is 0 Å². The van der Waals surface area contributed by atoms with Gasteiger partial charge in [0.25, 0.3) is 0 Å². The minimum atomic E-state index is -0.135. The summed E-state index contributed by atoms with van der Waals surface area (Å²) in [5.41, 5.74) is 6.30. The fourth-order valence-electron chi connectivity index (χ4n) is 3.35. The van der Waals surface area contributed by atoms with Gasteiger partial charge >= 0.3 is 5.97 Å². The number of carbonyl (C=O) groups is 1. The molecule has 1 saturated carbocycles. The monoisotopic (exact) mass is 284 g/mol. The van der Waals surface area contributed by atoms with Crippen LogP contribution in [0.3, 0.4) is 0 Å². The van der Waals surface area contributed by atoms with E-state index in [1.54, 1.807) is 0 Å². The van der Waals surface area contributed by atoms with E-state index in [1.165, 1.54) is 26.4 Å². The minimum absolute atomic E-state index is 0.135. The third-order valence-corrected chi connectivity index (χ3v) is 4.95. The molecule has 20 heavy (non-hydrogen) atoms. The number of hydrogen-bond donors (Lipinski definition) is 1. The van der Waals surface area contributed by atoms with E-state index >= 15 is 0 Å². The van der Waals surface area contributed by atoms with Crippen molar-refractivity contribution in [3.8, 4) is 0 Å². The highest BCUT2D eigenvalue weighted by Crippen LogP contribution is 2.41. The Bertz CT molecular complexity index is 312. The van der Waals surface area contributed by atoms with Gasteiger partial charge in [-0.2, -0.15) is 0 Å². The molecule has 0 aromatic rings. The van der Waals surface area contributed by atoms with Crippen molar-refractivity contribution in [3.05, 3.63) is 0 Å². The molecule has 1 fully saturated rings. The molecule has 0 bridgehead atoms. The highest BCUT2D eigenvalue weighted by atomic mass is 16.5. The lowest BCUT2D eigenvalue weighted by Gasteiger charge is -2.45. The fraction of sp³-hybridized carbons (Fsp3) is 0.938. The lowest BCUT2D eigenvalue weighted by molar-refractivity contribution is -0.141. The van der Waals surface area contributed by atoms with Crippen molar-refractivity contribution in [3.63, 3.8) is 0 Å². The van der Waals surface area contributed by atoms with E-state index in [-0.39, 0.29) is 5.97 Å². The molecule has 3 unspecified atom stereocenters. The zero-order chi connectivity index (χ0) is 15.3. The third kappa shape index (κ3) is 4.74. The number of carbonyl (C=O) groups excluding carboxylic acids is 1. The molecule has 0 spiro atoms. The van der Waals surface area contributed by atoms with E-state index in [0.717, 1.165) is 19.0 Å². The van der Waals surface area contributed by atoms with Crippen LogP contribution in [-0.2, 0) is 9.53 Å². The molecule has 0 aliphatic heterocycles. The van der Waals surface area contributed by atoms with E-state index in [0.29, 0.717) is 23.8 Å². The lowest BCUT2D eigenvalue weighted by atomic mass is 9.67. The molecule has 0 saturated heterocycles. The molecule has 1 rings (SSSR count). The van der Waals surface area contributed by atoms with Gasteiger partial charge < -0.3 is 15.4 Å². The molecular weight excluding hydrogens is 252 g/mol. The molecule has 0 radical (unpaired) electrons. The summed E-state index contributed by atoms with van der Waals surface area (Å²) in [6.45, 7) is 8.47. The predicted molar refractivity (Wildman–Crippen MR) is 82.4 cm³/mol. The Hall–Kier alpha value is -0.610. The molecule has 0 heterocycles. The van der Waals surface area contributed by atoms with Crippen LogP contribution in [0.15, 0.2) is 0 Å². The van der Waals surface area contributed by atoms with Gasteiger partial charge in [-0.3, -0.25) is 4.79 Å². The molecule has 4 heteroatoms. The van der Waals surface area contributed by atoms with Crippen LogP contribution in [0, 0.1) is 17.3 Å². The minimum Gasteiger partial charge on any atom is -0.469 e. The average molecular weight is 284 g/mol. The highest BCUT2D eigenvalue weighted by Gasteiger charge is 2.36. The van der Waals surface area contributed by atoms with E-state index < -0.39 is 0 Å². The fourth-order valence-corrected chi connectivity index (χ4v) is 3.35. The second-order valence-electron chi connectivity index (χ2n) is 7.25. The standard InChI is InChI=1S/C16H32N2O2/c1-16(2,3)13-7-6-12(11-17)14(10-13)18(4)9-8-15(19)20-5/h12-14H,6-11,17H2,1-5H3. The summed E-state index contributed by atoms with van der Waals surface area (Å²) < 4.78 is 4.73. The summed E-state index contributed by atoms with van der Waals surface area (Å²) in [5, 5.41) is 0. The van der Waals surface area contributed by atoms with Crippen LogP contribution in [-0.4, -0.2) is 44.2 Å². The summed E-state index contributed by atoms with van der Waals surface area (Å²) in [4.78, 5) is 13.6. The number of hydrogen-bond acceptors (Lipinski definition) is 4. The lowest BCUT2D eigenvalue weighted by Crippen LogP contribution is -2.47. The van der Waals surface area contributed by atoms with Crippen LogP contribution in [0.5, 0.6) is 0 Å². The van der Waals surface area contributed by atoms with E-state index in [1.807, 2.05) is 0 Å². The van der Waals surface area contributed by atoms with E-state index in [9.17, 15) is 4.79 Å². The molecule has 1 aliphatic carbocycles. The Kier molecular flexibility index (Phi) is 6.46. The molecule has 3 atom stereocenters. The van der Waals surface area contributed by atoms with Gasteiger partial charge in [0, 0.05) is 12.6 Å². The van der Waals surface area contributed by atoms with Crippen molar-refractivity contribution in [2.75, 3.05) is 27.2 Å². The van der Waals surface area contributed by atoms with Crippen LogP contribution >= 0.6 is 0 Å². The second kappa shape index (κ2) is 7.41. The Morgan fingerprint density at radius 3 is 2.50 bits per heavy atom. The maximum absolute atomic E-state index is 11.3. The normalized spacial score (nSPS) is 27.6. The largest absolute Gasteiger partial charge is 0.469 e. The Morgan fingerprint density at radius 2 is 2.00 bits per heavy atom. The number of nitrogens with two attached hydrogens (primary N) is 1. The first-order chi connectivity index (χ1) is 9.29. The average Bonchev–Trinajstić information content (AvgIpc) is 2.42. The summed E-state index contributed by atoms with van der Waals surface area (Å²) >= 11 is 0. The van der Waals surface area contributed by atoms with Gasteiger partial charge in [0.15, 0.2) is 0 Å². The maximum atomic E-state index is 11.3. The smallest absolute Gasteiger partial charge is 0.306 e. The van der Waals surface area contributed by atoms with Crippen LogP contribution < -0.4 is 5.73 Å². The van der Waals surface area contributed by atoms with Gasteiger partial charge in [-0.05, 0) is 50.1 Å². The quantitative estimate of drug-likeness (QED) is 0.787. The zero-order valence-corrected chi connectivity index (χ0v) is 13.8. The van der Waals surface area contributed by atoms with Gasteiger partial charge in [0.05, 0.1) is 13.5 Å². The number of ether oxygens (including phenoxy) is 1. The number of rotatable bonds is 5. The van der Waals surface area contributed by atoms with Crippen LogP contribution in [0.1, 0.15) is 46.5 Å². The first-order valence-electron chi connectivity index (χ1n) is 7.76. The molecule has 118 valence electrons. The highest BCUT2D eigenvalue weighted by molar-refractivity contribution is 5.69. The Labute approximate surface area is 124 Å². The van der Waals surface area contributed by atoms with Crippen molar-refractivity contribution in [1.82, 2.24) is 4.90 Å². The van der Waals surface area contributed by atoms with Gasteiger partial charge in [-0.25, -0.2) is 0 Å². The van der Waals surface area contributed by atoms with Gasteiger partial charge in [0.2, 0.25) is 0 Å². The Balaban J connectivity index is 2.63. The molecule has 4 nitrogen and oxygen atoms in total. The molecule has 0 amide bonds. The molecule has 1 aliphatic rings. The molecule has 2 N–H and O–H groups in total. The number of methoxy groups -OCH3 is 1. The Morgan fingerprint density at radius 1 is 1.35 bits per heavy atom. The van der Waals surface area contributed by atoms with Crippen molar-refractivity contribution in [2.24, 2.45) is 23.0 Å². The van der Waals surface area contributed by atoms with Crippen LogP contribution in [0.25, 0.3) is 0 Å². The van der Waals surface area contributed by atoms with Gasteiger partial charge in [0.1, 0.15) is 0 Å². The summed E-state index contributed by atoms with van der Waals surface area (Å²) in [7, 11) is 3.56. The topological polar surface area (TPSA) is 55.6 Å². The summed E-state index contributed by atoms with van der Waals surface area (Å²) in [5.74, 6) is 1.15. The summed E-state index contributed by atoms with van der Waals surface area (Å²) in [6.07, 6.45) is 4.11. The number of nitrogens with zero attached hydrogens (tertiary/aromatic N) is 1. The molecule has 0 aromatic heterocycles. The third-order valence-electron chi connectivity index (χ3n) is 4.95. The predicted octanol–water partition coefficient (Wildman–Crippen LogP) is 2.27. The number of esters is 1. The zero-order valence-electron chi connectivity index (χ0n) is 13.8. The summed E-state index contributed by atoms with van der Waals surface area (Å²) in [6, 6.07) is 0.489. The SMILES string of the molecule is COC(=O)CCN(C)C1CC(C(C)(C)C)CCC1CN. The van der Waals surface area contributed by atoms with Crippen molar-refractivity contribution >= 4 is 5.97 Å². The van der Waals surface area contributed by atoms with Crippen molar-refractivity contribution in [1.29, 1.82) is 0 Å². The van der Waals surface area contributed by atoms with Gasteiger partial charge in [-0.1, -0.05) is 20.8 Å². The van der Waals surface area contributed by atoms with Crippen molar-refractivity contribution in [2.45, 2.75) is 52.5 Å². The van der Waals surface area contributed by atoms with Crippen LogP contribution in [0.4, 0.5) is 0 Å². The van der Waals surface area contributed by atoms with Crippen molar-refractivity contribution < 1.29 is 9.53 Å².